The highest BCUT2D eigenvalue weighted by molar-refractivity contribution is 5.42. The predicted molar refractivity (Wildman–Crippen MR) is 137 cm³/mol. The maximum atomic E-state index is 13.1. The molecule has 2 aromatic heterocycles. The molecule has 0 bridgehead atoms. The number of rotatable bonds is 11. The normalized spacial score (nSPS) is 15.5. The Balaban J connectivity index is 1.99. The van der Waals surface area contributed by atoms with Crippen molar-refractivity contribution in [3.05, 3.63) is 0 Å². The Morgan fingerprint density at radius 1 is 0.472 bits per heavy atom. The van der Waals surface area contributed by atoms with Gasteiger partial charge in [0.15, 0.2) is 0 Å². The molecule has 3 heterocycles. The molecule has 2 aromatic rings. The van der Waals surface area contributed by atoms with Gasteiger partial charge in [-0.15, -0.1) is 4.98 Å². The molecule has 53 heavy (non-hydrogen) atoms. The Kier molecular flexibility index (Phi) is 12.3. The van der Waals surface area contributed by atoms with Crippen LogP contribution in [0, 0.1) is 5.92 Å². The van der Waals surface area contributed by atoms with E-state index in [4.69, 9.17) is 0 Å². The van der Waals surface area contributed by atoms with Gasteiger partial charge in [0.05, 0.1) is 0 Å². The summed E-state index contributed by atoms with van der Waals surface area (Å²) in [5.74, 6) is -2.61. The van der Waals surface area contributed by atoms with Crippen LogP contribution in [-0.4, -0.2) is 118 Å². The minimum Gasteiger partial charge on any atom is -0.440 e. The van der Waals surface area contributed by atoms with Crippen molar-refractivity contribution in [2.24, 2.45) is 5.92 Å². The predicted octanol–water partition coefficient (Wildman–Crippen LogP) is 6.07. The number of nitrogens with zero attached hydrogens (tertiary/aromatic N) is 8. The molecule has 0 radical (unpaired) electrons. The second kappa shape index (κ2) is 15.1. The topological polar surface area (TPSA) is 124 Å². The molecule has 0 spiro atoms. The van der Waals surface area contributed by atoms with Crippen molar-refractivity contribution in [1.29, 1.82) is 0 Å². The van der Waals surface area contributed by atoms with Gasteiger partial charge >= 0.3 is 55.1 Å². The van der Waals surface area contributed by atoms with E-state index in [0.717, 1.165) is 9.80 Å². The number of nitrogens with one attached hydrogen (secondary N) is 1. The van der Waals surface area contributed by atoms with Gasteiger partial charge in [-0.1, -0.05) is 13.8 Å². The highest BCUT2D eigenvalue weighted by Gasteiger charge is 2.62. The van der Waals surface area contributed by atoms with Gasteiger partial charge in [-0.3, -0.25) is 0 Å². The summed E-state index contributed by atoms with van der Waals surface area (Å²) in [5, 5.41) is 2.52. The molecule has 0 unspecified atom stereocenters. The molecule has 30 heteroatoms. The molecule has 302 valence electrons. The van der Waals surface area contributed by atoms with Crippen LogP contribution in [0.1, 0.15) is 13.8 Å². The van der Waals surface area contributed by atoms with E-state index < -0.39 is 117 Å². The van der Waals surface area contributed by atoms with Crippen molar-refractivity contribution < 1.29 is 93.2 Å². The first-order valence-corrected chi connectivity index (χ1v) is 14.0. The van der Waals surface area contributed by atoms with Crippen molar-refractivity contribution >= 4 is 17.8 Å². The number of hydrogen-bond donors (Lipinski definition) is 1. The quantitative estimate of drug-likeness (QED) is 0.265. The average Bonchev–Trinajstić information content (AvgIpc) is 2.97. The van der Waals surface area contributed by atoms with E-state index in [9.17, 15) is 79.0 Å². The minimum absolute atomic E-state index is 0.0138. The summed E-state index contributed by atoms with van der Waals surface area (Å²) in [5.41, 5.74) is 0. The van der Waals surface area contributed by atoms with Crippen LogP contribution in [0.25, 0.3) is 0 Å². The second-order valence-electron chi connectivity index (χ2n) is 10.9. The molecule has 0 atom stereocenters. The van der Waals surface area contributed by atoms with Crippen molar-refractivity contribution in [2.45, 2.75) is 69.2 Å². The van der Waals surface area contributed by atoms with Crippen LogP contribution in [0.2, 0.25) is 0 Å². The van der Waals surface area contributed by atoms with E-state index in [1.807, 2.05) is 0 Å². The number of hydrogen-bond acceptors (Lipinski definition) is 12. The molecule has 3 rings (SSSR count). The lowest BCUT2D eigenvalue weighted by molar-refractivity contribution is -0.303. The summed E-state index contributed by atoms with van der Waals surface area (Å²) in [6, 6.07) is -5.64. The van der Waals surface area contributed by atoms with E-state index in [1.165, 1.54) is 0 Å². The zero-order valence-corrected chi connectivity index (χ0v) is 26.0. The number of alkyl halides is 18. The fourth-order valence-electron chi connectivity index (χ4n) is 3.87. The summed E-state index contributed by atoms with van der Waals surface area (Å²) in [6.45, 7) is 1.03. The van der Waals surface area contributed by atoms with E-state index in [1.54, 1.807) is 13.8 Å². The molecule has 0 aliphatic carbocycles. The second-order valence-corrected chi connectivity index (χ2v) is 10.9. The Bertz CT molecular complexity index is 1430. The standard InChI is InChI=1S/C23H21F18N9O3/c1-8(2)7-42-12-43-13(45-15(44-12)51-9(18(24,25)26)19(27,28)29)49-3-5-50(6-4-49)14-46-16(52-10(20(30,31)32)21(33,34)35)48-17(47-14)53-11(22(36,37)38)23(39,40)41/h8-11H,3-7H2,1-2H3,(H,42,43,44,45). The SMILES string of the molecule is CC(C)CNc1nc(OC(C(F)(F)F)C(F)(F)F)nc(N2CCN(c3nc(OC(C(F)(F)F)C(F)(F)F)nc(OC(C(F)(F)F)C(F)(F)F)n3)CC2)n1. The van der Waals surface area contributed by atoms with Crippen molar-refractivity contribution in [1.82, 2.24) is 29.9 Å². The van der Waals surface area contributed by atoms with E-state index >= 15 is 0 Å². The van der Waals surface area contributed by atoms with Gasteiger partial charge in [0, 0.05) is 32.7 Å². The van der Waals surface area contributed by atoms with Gasteiger partial charge in [0.25, 0.3) is 18.3 Å². The largest absolute Gasteiger partial charge is 0.440 e. The van der Waals surface area contributed by atoms with Gasteiger partial charge in [-0.05, 0) is 5.92 Å². The third-order valence-corrected chi connectivity index (χ3v) is 6.15. The summed E-state index contributed by atoms with van der Waals surface area (Å²) in [4.78, 5) is 21.4. The monoisotopic (exact) mass is 813 g/mol. The first-order chi connectivity index (χ1) is 23.9. The number of halogens is 18. The van der Waals surface area contributed by atoms with Crippen LogP contribution >= 0.6 is 0 Å². The average molecular weight is 813 g/mol. The van der Waals surface area contributed by atoms with Gasteiger partial charge < -0.3 is 29.3 Å². The lowest BCUT2D eigenvalue weighted by atomic mass is 10.2. The molecule has 1 aliphatic rings. The first kappa shape index (κ1) is 43.0. The summed E-state index contributed by atoms with van der Waals surface area (Å²) >= 11 is 0. The van der Waals surface area contributed by atoms with Gasteiger partial charge in [-0.25, -0.2) is 0 Å². The maximum absolute atomic E-state index is 13.1. The summed E-state index contributed by atoms with van der Waals surface area (Å²) < 4.78 is 248. The molecule has 1 fully saturated rings. The first-order valence-electron chi connectivity index (χ1n) is 14.0. The van der Waals surface area contributed by atoms with E-state index in [0.29, 0.717) is 0 Å². The number of ether oxygens (including phenoxy) is 3. The Hall–Kier alpha value is -4.44. The molecular formula is C23H21F18N9O3. The zero-order valence-electron chi connectivity index (χ0n) is 26.0. The molecule has 12 nitrogen and oxygen atoms in total. The highest BCUT2D eigenvalue weighted by atomic mass is 19.4. The fourth-order valence-corrected chi connectivity index (χ4v) is 3.87. The van der Waals surface area contributed by atoms with Gasteiger partial charge in [0.1, 0.15) is 0 Å². The Morgan fingerprint density at radius 2 is 0.755 bits per heavy atom. The maximum Gasteiger partial charge on any atom is 0.434 e. The summed E-state index contributed by atoms with van der Waals surface area (Å²) in [6.07, 6.45) is -51.0. The minimum atomic E-state index is -6.27. The number of anilines is 3. The third-order valence-electron chi connectivity index (χ3n) is 6.15. The third kappa shape index (κ3) is 12.0. The number of aromatic nitrogens is 6. The van der Waals surface area contributed by atoms with Crippen LogP contribution < -0.4 is 29.3 Å². The summed E-state index contributed by atoms with van der Waals surface area (Å²) in [7, 11) is 0. The molecule has 0 saturated carbocycles. The lowest BCUT2D eigenvalue weighted by Gasteiger charge is -2.35. The van der Waals surface area contributed by atoms with Crippen LogP contribution in [-0.2, 0) is 0 Å². The van der Waals surface area contributed by atoms with E-state index in [-0.39, 0.29) is 12.5 Å². The van der Waals surface area contributed by atoms with Crippen LogP contribution in [0.4, 0.5) is 96.9 Å². The zero-order chi connectivity index (χ0) is 40.5. The van der Waals surface area contributed by atoms with Gasteiger partial charge in [0.2, 0.25) is 17.8 Å². The fraction of sp³-hybridized carbons (Fsp3) is 0.739. The molecule has 0 aromatic carbocycles. The van der Waals surface area contributed by atoms with Crippen LogP contribution in [0.3, 0.4) is 0 Å². The molecule has 1 aliphatic heterocycles. The van der Waals surface area contributed by atoms with Crippen LogP contribution in [0.5, 0.6) is 18.0 Å². The van der Waals surface area contributed by atoms with Crippen molar-refractivity contribution in [2.75, 3.05) is 47.8 Å². The van der Waals surface area contributed by atoms with E-state index in [2.05, 4.69) is 49.4 Å². The van der Waals surface area contributed by atoms with Crippen LogP contribution in [0.15, 0.2) is 0 Å². The lowest BCUT2D eigenvalue weighted by Crippen LogP contribution is -2.49. The Morgan fingerprint density at radius 3 is 1.04 bits per heavy atom. The highest BCUT2D eigenvalue weighted by Crippen LogP contribution is 2.39. The van der Waals surface area contributed by atoms with Crippen molar-refractivity contribution in [3.63, 3.8) is 0 Å². The smallest absolute Gasteiger partial charge is 0.434 e. The molecule has 1 saturated heterocycles. The Labute approximate surface area is 282 Å². The molecule has 1 N–H and O–H groups in total. The molecular weight excluding hydrogens is 792 g/mol. The van der Waals surface area contributed by atoms with Gasteiger partial charge in [-0.2, -0.15) is 104 Å². The van der Waals surface area contributed by atoms with Crippen molar-refractivity contribution in [3.8, 4) is 18.0 Å². The number of piperazine rings is 1. The molecule has 0 amide bonds.